The lowest BCUT2D eigenvalue weighted by Crippen LogP contribution is -2.64. The first-order valence-electron chi connectivity index (χ1n) is 8.49. The van der Waals surface area contributed by atoms with Crippen LogP contribution in [0.25, 0.3) is 0 Å². The summed E-state index contributed by atoms with van der Waals surface area (Å²) in [6.07, 6.45) is 5.55. The first-order chi connectivity index (χ1) is 10.0. The quantitative estimate of drug-likeness (QED) is 0.734. The van der Waals surface area contributed by atoms with Crippen molar-refractivity contribution in [2.75, 3.05) is 33.2 Å². The third kappa shape index (κ3) is 3.25. The van der Waals surface area contributed by atoms with E-state index in [4.69, 9.17) is 0 Å². The number of carboxylic acid groups (broad SMARTS) is 1. The zero-order chi connectivity index (χ0) is 15.0. The van der Waals surface area contributed by atoms with Crippen LogP contribution in [-0.2, 0) is 4.79 Å². The molecule has 2 N–H and O–H groups in total. The SMILES string of the molecule is CCC1CN(CC(NC2CC2)(C(=O)O)C2CC2)CCN1C. The topological polar surface area (TPSA) is 55.8 Å². The fraction of sp³-hybridized carbons (Fsp3) is 0.938. The van der Waals surface area contributed by atoms with Crippen LogP contribution in [0.4, 0.5) is 0 Å². The van der Waals surface area contributed by atoms with Crippen molar-refractivity contribution in [1.29, 1.82) is 0 Å². The summed E-state index contributed by atoms with van der Waals surface area (Å²) in [4.78, 5) is 16.8. The second-order valence-corrected chi connectivity index (χ2v) is 7.25. The number of aliphatic carboxylic acids is 1. The van der Waals surface area contributed by atoms with Gasteiger partial charge in [0.05, 0.1) is 0 Å². The Labute approximate surface area is 127 Å². The summed E-state index contributed by atoms with van der Waals surface area (Å²) in [5.41, 5.74) is -0.699. The molecule has 2 saturated carbocycles. The van der Waals surface area contributed by atoms with Gasteiger partial charge in [-0.25, -0.2) is 0 Å². The fourth-order valence-electron chi connectivity index (χ4n) is 3.71. The van der Waals surface area contributed by atoms with Gasteiger partial charge < -0.3 is 10.0 Å². The number of hydrogen-bond donors (Lipinski definition) is 2. The average Bonchev–Trinajstić information content (AvgIpc) is 3.32. The smallest absolute Gasteiger partial charge is 0.325 e. The van der Waals surface area contributed by atoms with Crippen molar-refractivity contribution >= 4 is 5.97 Å². The van der Waals surface area contributed by atoms with E-state index in [0.29, 0.717) is 24.5 Å². The molecule has 2 atom stereocenters. The van der Waals surface area contributed by atoms with Crippen LogP contribution in [-0.4, -0.2) is 71.7 Å². The van der Waals surface area contributed by atoms with Gasteiger partial charge in [0.15, 0.2) is 0 Å². The van der Waals surface area contributed by atoms with Gasteiger partial charge in [-0.05, 0) is 45.1 Å². The number of nitrogens with zero attached hydrogens (tertiary/aromatic N) is 2. The van der Waals surface area contributed by atoms with Gasteiger partial charge in [0.25, 0.3) is 0 Å². The van der Waals surface area contributed by atoms with Crippen molar-refractivity contribution in [3.63, 3.8) is 0 Å². The summed E-state index contributed by atoms with van der Waals surface area (Å²) >= 11 is 0. The summed E-state index contributed by atoms with van der Waals surface area (Å²) in [6.45, 7) is 5.93. The highest BCUT2D eigenvalue weighted by molar-refractivity contribution is 5.80. The van der Waals surface area contributed by atoms with Crippen molar-refractivity contribution in [3.8, 4) is 0 Å². The van der Waals surface area contributed by atoms with E-state index < -0.39 is 11.5 Å². The number of likely N-dealkylation sites (N-methyl/N-ethyl adjacent to an activating group) is 1. The zero-order valence-electron chi connectivity index (χ0n) is 13.3. The summed E-state index contributed by atoms with van der Waals surface area (Å²) < 4.78 is 0. The van der Waals surface area contributed by atoms with Crippen molar-refractivity contribution in [3.05, 3.63) is 0 Å². The molecule has 5 nitrogen and oxygen atoms in total. The molecule has 2 aliphatic carbocycles. The molecule has 3 aliphatic rings. The normalized spacial score (nSPS) is 31.0. The van der Waals surface area contributed by atoms with Crippen molar-refractivity contribution in [2.24, 2.45) is 5.92 Å². The molecule has 0 bridgehead atoms. The predicted molar refractivity (Wildman–Crippen MR) is 82.4 cm³/mol. The Balaban J connectivity index is 1.70. The lowest BCUT2D eigenvalue weighted by atomic mass is 9.91. The molecule has 0 aromatic heterocycles. The molecule has 2 unspecified atom stereocenters. The van der Waals surface area contributed by atoms with E-state index in [2.05, 4.69) is 29.1 Å². The highest BCUT2D eigenvalue weighted by Crippen LogP contribution is 2.42. The van der Waals surface area contributed by atoms with Crippen LogP contribution in [0.2, 0.25) is 0 Å². The van der Waals surface area contributed by atoms with E-state index in [-0.39, 0.29) is 0 Å². The Morgan fingerprint density at radius 2 is 2.00 bits per heavy atom. The summed E-state index contributed by atoms with van der Waals surface area (Å²) in [6, 6.07) is 1.00. The van der Waals surface area contributed by atoms with E-state index in [1.165, 1.54) is 0 Å². The van der Waals surface area contributed by atoms with Gasteiger partial charge in [-0.2, -0.15) is 0 Å². The summed E-state index contributed by atoms with van der Waals surface area (Å²) in [5, 5.41) is 13.4. The maximum Gasteiger partial charge on any atom is 0.325 e. The van der Waals surface area contributed by atoms with Crippen molar-refractivity contribution < 1.29 is 9.90 Å². The average molecular weight is 295 g/mol. The van der Waals surface area contributed by atoms with Crippen LogP contribution >= 0.6 is 0 Å². The monoisotopic (exact) mass is 295 g/mol. The second-order valence-electron chi connectivity index (χ2n) is 7.25. The predicted octanol–water partition coefficient (Wildman–Crippen LogP) is 0.998. The lowest BCUT2D eigenvalue weighted by molar-refractivity contribution is -0.147. The lowest BCUT2D eigenvalue weighted by Gasteiger charge is -2.43. The molecule has 3 fully saturated rings. The minimum absolute atomic E-state index is 0.329. The first-order valence-corrected chi connectivity index (χ1v) is 8.49. The zero-order valence-corrected chi connectivity index (χ0v) is 13.3. The number of hydrogen-bond acceptors (Lipinski definition) is 4. The molecule has 0 aromatic rings. The van der Waals surface area contributed by atoms with Crippen LogP contribution < -0.4 is 5.32 Å². The Bertz CT molecular complexity index is 395. The van der Waals surface area contributed by atoms with Crippen LogP contribution in [0.3, 0.4) is 0 Å². The summed E-state index contributed by atoms with van der Waals surface area (Å²) in [7, 11) is 2.18. The largest absolute Gasteiger partial charge is 0.480 e. The van der Waals surface area contributed by atoms with Gasteiger partial charge in [0, 0.05) is 38.3 Å². The van der Waals surface area contributed by atoms with Gasteiger partial charge in [0.1, 0.15) is 5.54 Å². The van der Waals surface area contributed by atoms with Crippen LogP contribution in [0.1, 0.15) is 39.0 Å². The Kier molecular flexibility index (Phi) is 4.26. The van der Waals surface area contributed by atoms with Gasteiger partial charge in [-0.3, -0.25) is 15.0 Å². The van der Waals surface area contributed by atoms with Crippen molar-refractivity contribution in [1.82, 2.24) is 15.1 Å². The Hall–Kier alpha value is -0.650. The third-order valence-corrected chi connectivity index (χ3v) is 5.50. The first kappa shape index (κ1) is 15.3. The van der Waals surface area contributed by atoms with Gasteiger partial charge in [-0.15, -0.1) is 0 Å². The second kappa shape index (κ2) is 5.86. The van der Waals surface area contributed by atoms with E-state index >= 15 is 0 Å². The molecular weight excluding hydrogens is 266 g/mol. The molecule has 0 radical (unpaired) electrons. The van der Waals surface area contributed by atoms with Gasteiger partial charge in [-0.1, -0.05) is 6.92 Å². The number of rotatable bonds is 7. The molecule has 1 aliphatic heterocycles. The molecule has 0 aromatic carbocycles. The van der Waals surface area contributed by atoms with E-state index in [0.717, 1.165) is 51.7 Å². The van der Waals surface area contributed by atoms with Gasteiger partial charge in [0.2, 0.25) is 0 Å². The third-order valence-electron chi connectivity index (χ3n) is 5.50. The van der Waals surface area contributed by atoms with Crippen LogP contribution in [0.15, 0.2) is 0 Å². The van der Waals surface area contributed by atoms with E-state index in [1.807, 2.05) is 0 Å². The molecule has 3 rings (SSSR count). The maximum atomic E-state index is 12.1. The highest BCUT2D eigenvalue weighted by atomic mass is 16.4. The van der Waals surface area contributed by atoms with Crippen LogP contribution in [0, 0.1) is 5.92 Å². The highest BCUT2D eigenvalue weighted by Gasteiger charge is 2.54. The molecule has 120 valence electrons. The van der Waals surface area contributed by atoms with Crippen molar-refractivity contribution in [2.45, 2.75) is 56.7 Å². The van der Waals surface area contributed by atoms with Crippen LogP contribution in [0.5, 0.6) is 0 Å². The minimum Gasteiger partial charge on any atom is -0.480 e. The molecule has 5 heteroatoms. The number of carboxylic acids is 1. The molecule has 0 spiro atoms. The Morgan fingerprint density at radius 1 is 1.29 bits per heavy atom. The minimum atomic E-state index is -0.699. The number of carbonyl (C=O) groups is 1. The molecular formula is C16H29N3O2. The molecule has 0 amide bonds. The number of piperazine rings is 1. The van der Waals surface area contributed by atoms with E-state index in [9.17, 15) is 9.90 Å². The van der Waals surface area contributed by atoms with E-state index in [1.54, 1.807) is 0 Å². The Morgan fingerprint density at radius 3 is 2.52 bits per heavy atom. The molecule has 1 saturated heterocycles. The molecule has 21 heavy (non-hydrogen) atoms. The maximum absolute atomic E-state index is 12.1. The number of nitrogens with one attached hydrogen (secondary N) is 1. The van der Waals surface area contributed by atoms with Gasteiger partial charge >= 0.3 is 5.97 Å². The standard InChI is InChI=1S/C16H29N3O2/c1-3-14-10-19(9-8-18(14)2)11-16(15(20)21,12-4-5-12)17-13-6-7-13/h12-14,17H,3-11H2,1-2H3,(H,20,21). The summed E-state index contributed by atoms with van der Waals surface area (Å²) in [5.74, 6) is -0.306. The molecule has 1 heterocycles. The fourth-order valence-corrected chi connectivity index (χ4v) is 3.71.